The van der Waals surface area contributed by atoms with Crippen LogP contribution in [0.5, 0.6) is 5.75 Å². The maximum absolute atomic E-state index is 13.6. The number of sulfonamides is 1. The van der Waals surface area contributed by atoms with E-state index < -0.39 is 33.1 Å². The molecule has 0 radical (unpaired) electrons. The van der Waals surface area contributed by atoms with Crippen molar-refractivity contribution >= 4 is 27.5 Å². The number of ether oxygens (including phenoxy) is 2. The molecule has 1 aromatic rings. The molecule has 25 heavy (non-hydrogen) atoms. The number of carbonyl (C=O) groups is 1. The monoisotopic (exact) mass is 391 g/mol. The minimum Gasteiger partial charge on any atom is -0.487 e. The quantitative estimate of drug-likeness (QED) is 0.772. The van der Waals surface area contributed by atoms with Gasteiger partial charge in [0.15, 0.2) is 0 Å². The zero-order valence-corrected chi connectivity index (χ0v) is 15.4. The molecule has 9 heteroatoms. The summed E-state index contributed by atoms with van der Waals surface area (Å²) in [5, 5.41) is 0.188. The Morgan fingerprint density at radius 2 is 2.04 bits per heavy atom. The molecule has 1 N–H and O–H groups in total. The van der Waals surface area contributed by atoms with Gasteiger partial charge in [-0.05, 0) is 44.4 Å². The highest BCUT2D eigenvalue weighted by Gasteiger charge is 2.73. The molecule has 0 heterocycles. The lowest BCUT2D eigenvalue weighted by molar-refractivity contribution is -0.212. The van der Waals surface area contributed by atoms with E-state index in [0.717, 1.165) is 0 Å². The summed E-state index contributed by atoms with van der Waals surface area (Å²) in [7, 11) is -2.70. The van der Waals surface area contributed by atoms with Crippen LogP contribution in [0.25, 0.3) is 0 Å². The van der Waals surface area contributed by atoms with Crippen LogP contribution in [0.2, 0.25) is 5.02 Å². The number of hydrogen-bond donors (Lipinski definition) is 1. The molecule has 3 aliphatic rings. The van der Waals surface area contributed by atoms with Crippen molar-refractivity contribution < 1.29 is 27.1 Å². The SMILES string of the molecule is COCC(C)Oc1ccc(Cl)cc1S(=O)(=O)NC(=O)C12CC(F)(C1)C2. The average molecular weight is 392 g/mol. The van der Waals surface area contributed by atoms with Gasteiger partial charge in [0.05, 0.1) is 12.0 Å². The number of halogens is 2. The Labute approximate surface area is 150 Å². The Balaban J connectivity index is 1.81. The molecule has 2 bridgehead atoms. The van der Waals surface area contributed by atoms with E-state index in [1.807, 2.05) is 4.72 Å². The third-order valence-electron chi connectivity index (χ3n) is 4.60. The van der Waals surface area contributed by atoms with Gasteiger partial charge in [-0.25, -0.2) is 17.5 Å². The van der Waals surface area contributed by atoms with E-state index in [-0.39, 0.29) is 41.5 Å². The molecular weight excluding hydrogens is 373 g/mol. The maximum Gasteiger partial charge on any atom is 0.267 e. The van der Waals surface area contributed by atoms with E-state index in [9.17, 15) is 17.6 Å². The highest BCUT2D eigenvalue weighted by Crippen LogP contribution is 2.69. The molecule has 138 valence electrons. The molecule has 3 saturated carbocycles. The topological polar surface area (TPSA) is 81.7 Å². The summed E-state index contributed by atoms with van der Waals surface area (Å²) in [6, 6.07) is 4.13. The first-order valence-corrected chi connectivity index (χ1v) is 9.67. The van der Waals surface area contributed by atoms with Crippen molar-refractivity contribution in [2.45, 2.75) is 42.9 Å². The first-order chi connectivity index (χ1) is 11.6. The van der Waals surface area contributed by atoms with Crippen LogP contribution in [-0.2, 0) is 19.6 Å². The van der Waals surface area contributed by atoms with Crippen LogP contribution in [0.1, 0.15) is 26.2 Å². The molecule has 3 fully saturated rings. The Morgan fingerprint density at radius 1 is 1.40 bits per heavy atom. The molecule has 3 aliphatic carbocycles. The van der Waals surface area contributed by atoms with E-state index in [2.05, 4.69) is 0 Å². The Kier molecular flexibility index (Phi) is 4.50. The molecule has 0 saturated heterocycles. The van der Waals surface area contributed by atoms with Crippen LogP contribution < -0.4 is 9.46 Å². The van der Waals surface area contributed by atoms with Crippen molar-refractivity contribution in [3.8, 4) is 5.75 Å². The number of benzene rings is 1. The van der Waals surface area contributed by atoms with Crippen LogP contribution in [-0.4, -0.2) is 39.8 Å². The van der Waals surface area contributed by atoms with Crippen molar-refractivity contribution in [3.05, 3.63) is 23.2 Å². The molecule has 1 unspecified atom stereocenters. The van der Waals surface area contributed by atoms with Gasteiger partial charge in [0, 0.05) is 12.1 Å². The third-order valence-corrected chi connectivity index (χ3v) is 6.19. The summed E-state index contributed by atoms with van der Waals surface area (Å²) < 4.78 is 51.5. The Morgan fingerprint density at radius 3 is 2.60 bits per heavy atom. The molecule has 6 nitrogen and oxygen atoms in total. The van der Waals surface area contributed by atoms with Gasteiger partial charge in [0.1, 0.15) is 22.4 Å². The first-order valence-electron chi connectivity index (χ1n) is 7.81. The molecule has 1 amide bonds. The standard InChI is InChI=1S/C16H19ClFNO5S/c1-10(6-23-2)24-12-4-3-11(17)5-13(12)25(21,22)19-14(20)15-7-16(18,8-15)9-15/h3-5,10H,6-9H2,1-2H3,(H,19,20). The summed E-state index contributed by atoms with van der Waals surface area (Å²) >= 11 is 5.90. The molecule has 1 aromatic carbocycles. The number of amides is 1. The normalized spacial score (nSPS) is 28.5. The largest absolute Gasteiger partial charge is 0.487 e. The Bertz CT molecular complexity index is 793. The van der Waals surface area contributed by atoms with Crippen LogP contribution in [0.3, 0.4) is 0 Å². The van der Waals surface area contributed by atoms with Crippen molar-refractivity contribution in [2.24, 2.45) is 5.41 Å². The van der Waals surface area contributed by atoms with E-state index in [1.54, 1.807) is 6.92 Å². The smallest absolute Gasteiger partial charge is 0.267 e. The Hall–Kier alpha value is -1.38. The lowest BCUT2D eigenvalue weighted by Crippen LogP contribution is -2.70. The highest BCUT2D eigenvalue weighted by atomic mass is 35.5. The summed E-state index contributed by atoms with van der Waals surface area (Å²) in [5.41, 5.74) is -2.19. The summed E-state index contributed by atoms with van der Waals surface area (Å²) in [4.78, 5) is 12.0. The van der Waals surface area contributed by atoms with Crippen LogP contribution in [0.15, 0.2) is 23.1 Å². The third kappa shape index (κ3) is 3.35. The lowest BCUT2D eigenvalue weighted by atomic mass is 9.42. The number of carbonyl (C=O) groups excluding carboxylic acids is 1. The molecule has 1 atom stereocenters. The van der Waals surface area contributed by atoms with Gasteiger partial charge < -0.3 is 9.47 Å². The lowest BCUT2D eigenvalue weighted by Gasteiger charge is -2.63. The van der Waals surface area contributed by atoms with Crippen molar-refractivity contribution in [1.29, 1.82) is 0 Å². The number of rotatable bonds is 7. The number of hydrogen-bond acceptors (Lipinski definition) is 5. The number of methoxy groups -OCH3 is 1. The second-order valence-electron chi connectivity index (χ2n) is 6.87. The molecule has 4 rings (SSSR count). The van der Waals surface area contributed by atoms with Gasteiger partial charge in [-0.2, -0.15) is 0 Å². The number of alkyl halides is 1. The van der Waals surface area contributed by atoms with Gasteiger partial charge >= 0.3 is 0 Å². The van der Waals surface area contributed by atoms with Gasteiger partial charge in [0.2, 0.25) is 5.91 Å². The predicted octanol–water partition coefficient (Wildman–Crippen LogP) is 2.45. The van der Waals surface area contributed by atoms with Gasteiger partial charge in [-0.1, -0.05) is 11.6 Å². The molecule has 0 spiro atoms. The average Bonchev–Trinajstić information content (AvgIpc) is 2.44. The summed E-state index contributed by atoms with van der Waals surface area (Å²) in [6.07, 6.45) is -0.179. The van der Waals surface area contributed by atoms with E-state index >= 15 is 0 Å². The van der Waals surface area contributed by atoms with E-state index in [0.29, 0.717) is 0 Å². The summed E-state index contributed by atoms with van der Waals surface area (Å²) in [5.74, 6) is -0.614. The fraction of sp³-hybridized carbons (Fsp3) is 0.562. The van der Waals surface area contributed by atoms with E-state index in [4.69, 9.17) is 21.1 Å². The minimum atomic E-state index is -4.20. The van der Waals surface area contributed by atoms with Crippen LogP contribution >= 0.6 is 11.6 Å². The van der Waals surface area contributed by atoms with Gasteiger partial charge in [-0.3, -0.25) is 4.79 Å². The van der Waals surface area contributed by atoms with Crippen LogP contribution in [0.4, 0.5) is 4.39 Å². The summed E-state index contributed by atoms with van der Waals surface area (Å²) in [6.45, 7) is 1.98. The van der Waals surface area contributed by atoms with Gasteiger partial charge in [-0.15, -0.1) is 0 Å². The minimum absolute atomic E-state index is 0.0637. The zero-order valence-electron chi connectivity index (χ0n) is 13.8. The highest BCUT2D eigenvalue weighted by molar-refractivity contribution is 7.90. The molecule has 0 aromatic heterocycles. The fourth-order valence-corrected chi connectivity index (χ4v) is 4.94. The number of nitrogens with one attached hydrogen (secondary N) is 1. The maximum atomic E-state index is 13.6. The second kappa shape index (κ2) is 6.10. The first kappa shape index (κ1) is 18.4. The van der Waals surface area contributed by atoms with Crippen molar-refractivity contribution in [1.82, 2.24) is 4.72 Å². The molecule has 0 aliphatic heterocycles. The second-order valence-corrected chi connectivity index (χ2v) is 8.96. The van der Waals surface area contributed by atoms with Crippen molar-refractivity contribution in [3.63, 3.8) is 0 Å². The predicted molar refractivity (Wildman–Crippen MR) is 88.9 cm³/mol. The zero-order chi connectivity index (χ0) is 18.5. The van der Waals surface area contributed by atoms with Gasteiger partial charge in [0.25, 0.3) is 10.0 Å². The van der Waals surface area contributed by atoms with Crippen molar-refractivity contribution in [2.75, 3.05) is 13.7 Å². The fourth-order valence-electron chi connectivity index (χ4n) is 3.46. The molecular formula is C16H19ClFNO5S. The van der Waals surface area contributed by atoms with E-state index in [1.165, 1.54) is 25.3 Å². The van der Waals surface area contributed by atoms with Crippen LogP contribution in [0, 0.1) is 5.41 Å².